The third kappa shape index (κ3) is 3.86. The van der Waals surface area contributed by atoms with E-state index in [9.17, 15) is 14.9 Å². The lowest BCUT2D eigenvalue weighted by atomic mass is 9.83. The largest absolute Gasteiger partial charge is 0.272 e. The molecule has 0 radical (unpaired) electrons. The van der Waals surface area contributed by atoms with E-state index in [4.69, 9.17) is 4.99 Å². The van der Waals surface area contributed by atoms with E-state index in [1.807, 2.05) is 48.5 Å². The van der Waals surface area contributed by atoms with Crippen molar-refractivity contribution in [2.24, 2.45) is 4.99 Å². The number of halogens is 1. The van der Waals surface area contributed by atoms with Crippen LogP contribution in [0.15, 0.2) is 88.2 Å². The van der Waals surface area contributed by atoms with Gasteiger partial charge in [0.1, 0.15) is 0 Å². The Bertz CT molecular complexity index is 1730. The lowest BCUT2D eigenvalue weighted by Crippen LogP contribution is -2.38. The highest BCUT2D eigenvalue weighted by Crippen LogP contribution is 2.41. The molecule has 1 atom stereocenters. The SMILES string of the molecule is O=c1/c(=C/c2cccc(I)c2)sc2n1[C@@H](c1cccc([N+](=O)[O-])c1)C1=C(N=2)c2ccccc2CC1. The van der Waals surface area contributed by atoms with Crippen molar-refractivity contribution in [2.45, 2.75) is 18.9 Å². The number of benzene rings is 3. The molecule has 0 saturated carbocycles. The van der Waals surface area contributed by atoms with Crippen LogP contribution in [-0.2, 0) is 6.42 Å². The van der Waals surface area contributed by atoms with Crippen molar-refractivity contribution in [3.63, 3.8) is 0 Å². The minimum atomic E-state index is -0.437. The number of nitro benzene ring substituents is 1. The first-order chi connectivity index (χ1) is 17.0. The Morgan fingerprint density at radius 3 is 2.71 bits per heavy atom. The molecule has 8 heteroatoms. The normalized spacial score (nSPS) is 16.8. The molecule has 2 heterocycles. The molecule has 1 aliphatic heterocycles. The molecule has 6 rings (SSSR count). The van der Waals surface area contributed by atoms with Crippen LogP contribution in [0.2, 0.25) is 0 Å². The molecule has 35 heavy (non-hydrogen) atoms. The zero-order valence-electron chi connectivity index (χ0n) is 18.3. The molecule has 2 aliphatic rings. The van der Waals surface area contributed by atoms with Crippen molar-refractivity contribution in [3.05, 3.63) is 134 Å². The summed E-state index contributed by atoms with van der Waals surface area (Å²) in [7, 11) is 0. The highest BCUT2D eigenvalue weighted by molar-refractivity contribution is 14.1. The molecule has 0 unspecified atom stereocenters. The van der Waals surface area contributed by atoms with Crippen LogP contribution in [0.1, 0.15) is 34.7 Å². The third-order valence-electron chi connectivity index (χ3n) is 6.42. The molecule has 0 bridgehead atoms. The number of hydrogen-bond acceptors (Lipinski definition) is 5. The van der Waals surface area contributed by atoms with Gasteiger partial charge in [0.05, 0.1) is 21.2 Å². The fourth-order valence-electron chi connectivity index (χ4n) is 4.88. The Balaban J connectivity index is 1.64. The van der Waals surface area contributed by atoms with Gasteiger partial charge in [0.2, 0.25) is 0 Å². The van der Waals surface area contributed by atoms with Gasteiger partial charge in [0, 0.05) is 21.3 Å². The topological polar surface area (TPSA) is 77.5 Å². The molecule has 1 aliphatic carbocycles. The number of rotatable bonds is 3. The van der Waals surface area contributed by atoms with Gasteiger partial charge in [-0.2, -0.15) is 0 Å². The number of allylic oxidation sites excluding steroid dienone is 1. The molecule has 4 aromatic rings. The van der Waals surface area contributed by atoms with Crippen molar-refractivity contribution in [3.8, 4) is 0 Å². The third-order valence-corrected chi connectivity index (χ3v) is 8.07. The summed E-state index contributed by atoms with van der Waals surface area (Å²) in [6.45, 7) is 0. The van der Waals surface area contributed by atoms with Gasteiger partial charge < -0.3 is 0 Å². The van der Waals surface area contributed by atoms with Gasteiger partial charge in [0.15, 0.2) is 4.80 Å². The van der Waals surface area contributed by atoms with Crippen LogP contribution in [0.3, 0.4) is 0 Å². The molecule has 1 aromatic heterocycles. The molecule has 0 N–H and O–H groups in total. The summed E-state index contributed by atoms with van der Waals surface area (Å²) in [6.07, 6.45) is 3.47. The van der Waals surface area contributed by atoms with E-state index < -0.39 is 11.0 Å². The molecular formula is C27H18IN3O3S. The molecule has 172 valence electrons. The van der Waals surface area contributed by atoms with Gasteiger partial charge in [-0.25, -0.2) is 4.99 Å². The van der Waals surface area contributed by atoms with E-state index in [1.54, 1.807) is 16.7 Å². The summed E-state index contributed by atoms with van der Waals surface area (Å²) in [5.41, 5.74) is 5.76. The van der Waals surface area contributed by atoms with Gasteiger partial charge in [0.25, 0.3) is 11.2 Å². The van der Waals surface area contributed by atoms with Crippen molar-refractivity contribution >= 4 is 51.4 Å². The summed E-state index contributed by atoms with van der Waals surface area (Å²) in [5, 5.41) is 11.5. The Morgan fingerprint density at radius 2 is 1.89 bits per heavy atom. The van der Waals surface area contributed by atoms with Gasteiger partial charge in [-0.3, -0.25) is 19.5 Å². The smallest absolute Gasteiger partial charge is 0.271 e. The number of nitro groups is 1. The Labute approximate surface area is 217 Å². The summed E-state index contributed by atoms with van der Waals surface area (Å²) in [6, 6.07) is 22.4. The monoisotopic (exact) mass is 591 g/mol. The first kappa shape index (κ1) is 22.1. The van der Waals surface area contributed by atoms with Gasteiger partial charge in [-0.05, 0) is 75.9 Å². The number of non-ortho nitro benzene ring substituents is 1. The number of nitrogens with zero attached hydrogens (tertiary/aromatic N) is 3. The fraction of sp³-hybridized carbons (Fsp3) is 0.111. The number of hydrogen-bond donors (Lipinski definition) is 0. The van der Waals surface area contributed by atoms with Crippen LogP contribution in [0.4, 0.5) is 5.69 Å². The molecular weight excluding hydrogens is 573 g/mol. The van der Waals surface area contributed by atoms with E-state index in [1.165, 1.54) is 23.0 Å². The summed E-state index contributed by atoms with van der Waals surface area (Å²) in [5.74, 6) is 0. The van der Waals surface area contributed by atoms with Crippen molar-refractivity contribution in [2.75, 3.05) is 0 Å². The van der Waals surface area contributed by atoms with Crippen molar-refractivity contribution in [1.29, 1.82) is 0 Å². The Hall–Kier alpha value is -3.37. The summed E-state index contributed by atoms with van der Waals surface area (Å²) in [4.78, 5) is 30.5. The predicted octanol–water partition coefficient (Wildman–Crippen LogP) is 4.83. The number of fused-ring (bicyclic) bond motifs is 3. The van der Waals surface area contributed by atoms with Crippen LogP contribution in [0.5, 0.6) is 0 Å². The number of aryl methyl sites for hydroxylation is 1. The summed E-state index contributed by atoms with van der Waals surface area (Å²) >= 11 is 3.61. The van der Waals surface area contributed by atoms with Crippen LogP contribution in [0.25, 0.3) is 11.8 Å². The molecule has 3 aromatic carbocycles. The lowest BCUT2D eigenvalue weighted by molar-refractivity contribution is -0.384. The summed E-state index contributed by atoms with van der Waals surface area (Å²) < 4.78 is 3.40. The first-order valence-corrected chi connectivity index (χ1v) is 13.0. The van der Waals surface area contributed by atoms with E-state index in [0.717, 1.165) is 44.4 Å². The molecule has 0 amide bonds. The zero-order chi connectivity index (χ0) is 24.1. The van der Waals surface area contributed by atoms with Gasteiger partial charge >= 0.3 is 0 Å². The van der Waals surface area contributed by atoms with E-state index in [-0.39, 0.29) is 11.2 Å². The zero-order valence-corrected chi connectivity index (χ0v) is 21.3. The average Bonchev–Trinajstić information content (AvgIpc) is 3.17. The first-order valence-electron chi connectivity index (χ1n) is 11.1. The number of thiazole rings is 1. The second-order valence-corrected chi connectivity index (χ2v) is 10.8. The second-order valence-electron chi connectivity index (χ2n) is 8.52. The Kier molecular flexibility index (Phi) is 5.49. The average molecular weight is 591 g/mol. The van der Waals surface area contributed by atoms with Gasteiger partial charge in [-0.1, -0.05) is 59.9 Å². The van der Waals surface area contributed by atoms with E-state index in [2.05, 4.69) is 34.7 Å². The van der Waals surface area contributed by atoms with Crippen LogP contribution in [-0.4, -0.2) is 9.49 Å². The molecule has 0 fully saturated rings. The van der Waals surface area contributed by atoms with Crippen molar-refractivity contribution in [1.82, 2.24) is 4.57 Å². The highest BCUT2D eigenvalue weighted by atomic mass is 127. The van der Waals surface area contributed by atoms with E-state index in [0.29, 0.717) is 9.33 Å². The maximum atomic E-state index is 13.7. The van der Waals surface area contributed by atoms with Crippen LogP contribution < -0.4 is 14.9 Å². The molecule has 0 saturated heterocycles. The minimum absolute atomic E-state index is 0.0128. The molecule has 0 spiro atoms. The second kappa shape index (κ2) is 8.69. The fourth-order valence-corrected chi connectivity index (χ4v) is 6.45. The standard InChI is InChI=1S/C27H18IN3O3S/c28-19-8-3-5-16(13-19)14-23-26(32)30-25(18-7-4-9-20(15-18)31(33)34)22-12-11-17-6-1-2-10-21(17)24(22)29-27(30)35-23/h1-10,13-15,25H,11-12H2/b23-14-/t25-/m0/s1. The Morgan fingerprint density at radius 1 is 1.06 bits per heavy atom. The quantitative estimate of drug-likeness (QED) is 0.195. The minimum Gasteiger partial charge on any atom is -0.272 e. The number of aromatic nitrogens is 1. The molecule has 6 nitrogen and oxygen atoms in total. The van der Waals surface area contributed by atoms with Crippen LogP contribution in [0, 0.1) is 13.7 Å². The maximum absolute atomic E-state index is 13.7. The van der Waals surface area contributed by atoms with E-state index >= 15 is 0 Å². The predicted molar refractivity (Wildman–Crippen MR) is 145 cm³/mol. The maximum Gasteiger partial charge on any atom is 0.271 e. The van der Waals surface area contributed by atoms with Gasteiger partial charge in [-0.15, -0.1) is 0 Å². The highest BCUT2D eigenvalue weighted by Gasteiger charge is 2.33. The lowest BCUT2D eigenvalue weighted by Gasteiger charge is -2.30. The van der Waals surface area contributed by atoms with Crippen LogP contribution >= 0.6 is 33.9 Å². The van der Waals surface area contributed by atoms with Crippen molar-refractivity contribution < 1.29 is 4.92 Å².